The maximum absolute atomic E-state index is 13.0. The number of aromatic nitrogens is 5. The molecule has 6 nitrogen and oxygen atoms in total. The summed E-state index contributed by atoms with van der Waals surface area (Å²) in [6, 6.07) is 18.3. The lowest BCUT2D eigenvalue weighted by Gasteiger charge is -2.12. The van der Waals surface area contributed by atoms with Gasteiger partial charge in [0, 0.05) is 24.4 Å². The minimum absolute atomic E-state index is 0.256. The van der Waals surface area contributed by atoms with Gasteiger partial charge in [0.25, 0.3) is 0 Å². The molecule has 9 heteroatoms. The molecule has 3 aromatic heterocycles. The van der Waals surface area contributed by atoms with Crippen molar-refractivity contribution in [3.63, 3.8) is 0 Å². The van der Waals surface area contributed by atoms with Gasteiger partial charge in [-0.3, -0.25) is 0 Å². The van der Waals surface area contributed by atoms with Crippen LogP contribution in [0.2, 0.25) is 0 Å². The lowest BCUT2D eigenvalue weighted by Crippen LogP contribution is -2.07. The number of aryl methyl sites for hydroxylation is 2. The summed E-state index contributed by atoms with van der Waals surface area (Å²) in [4.78, 5) is 9.46. The molecule has 37 heavy (non-hydrogen) atoms. The Balaban J connectivity index is 1.27. The summed E-state index contributed by atoms with van der Waals surface area (Å²) in [5.41, 5.74) is 5.84. The predicted octanol–water partition coefficient (Wildman–Crippen LogP) is 6.60. The van der Waals surface area contributed by atoms with Crippen LogP contribution in [0.1, 0.15) is 41.3 Å². The van der Waals surface area contributed by atoms with E-state index >= 15 is 0 Å². The third-order valence-corrected chi connectivity index (χ3v) is 6.67. The zero-order valence-corrected chi connectivity index (χ0v) is 20.3. The van der Waals surface area contributed by atoms with Crippen LogP contribution >= 0.6 is 0 Å². The van der Waals surface area contributed by atoms with Gasteiger partial charge in [0.2, 0.25) is 5.88 Å². The van der Waals surface area contributed by atoms with Crippen molar-refractivity contribution in [3.05, 3.63) is 89.5 Å². The first-order valence-corrected chi connectivity index (χ1v) is 12.1. The lowest BCUT2D eigenvalue weighted by atomic mass is 9.99. The Morgan fingerprint density at radius 3 is 2.49 bits per heavy atom. The average molecular weight is 504 g/mol. The van der Waals surface area contributed by atoms with Gasteiger partial charge < -0.3 is 9.30 Å². The standard InChI is InChI=1S/C28H24F3N5O/c1-17-13-24(28(29,30)31)34-36(17)20-11-7-18(8-12-20)15-37-25-14-23-27(32-16-35(23)2)26(33-25)22-6-4-3-5-21(22)19-9-10-19/h3-8,11-14,16,19H,9-10,15H2,1-2H3. The van der Waals surface area contributed by atoms with Gasteiger partial charge in [-0.25, -0.2) is 14.6 Å². The Kier molecular flexibility index (Phi) is 5.51. The van der Waals surface area contributed by atoms with Crippen molar-refractivity contribution < 1.29 is 17.9 Å². The summed E-state index contributed by atoms with van der Waals surface area (Å²) < 4.78 is 48.4. The summed E-state index contributed by atoms with van der Waals surface area (Å²) in [7, 11) is 1.94. The number of rotatable bonds is 6. The van der Waals surface area contributed by atoms with Crippen molar-refractivity contribution in [2.75, 3.05) is 0 Å². The molecule has 0 unspecified atom stereocenters. The molecule has 0 spiro atoms. The fraction of sp³-hybridized carbons (Fsp3) is 0.250. The summed E-state index contributed by atoms with van der Waals surface area (Å²) in [5.74, 6) is 1.05. The molecule has 0 amide bonds. The summed E-state index contributed by atoms with van der Waals surface area (Å²) in [5, 5.41) is 3.71. The third kappa shape index (κ3) is 4.45. The number of hydrogen-bond acceptors (Lipinski definition) is 4. The summed E-state index contributed by atoms with van der Waals surface area (Å²) >= 11 is 0. The van der Waals surface area contributed by atoms with Gasteiger partial charge in [0.1, 0.15) is 17.8 Å². The minimum atomic E-state index is -4.48. The van der Waals surface area contributed by atoms with Crippen LogP contribution in [0.25, 0.3) is 28.0 Å². The Labute approximate surface area is 211 Å². The highest BCUT2D eigenvalue weighted by Crippen LogP contribution is 2.45. The second kappa shape index (κ2) is 8.76. The highest BCUT2D eigenvalue weighted by atomic mass is 19.4. The van der Waals surface area contributed by atoms with E-state index < -0.39 is 11.9 Å². The van der Waals surface area contributed by atoms with Crippen LogP contribution in [0.5, 0.6) is 5.88 Å². The van der Waals surface area contributed by atoms with E-state index in [1.54, 1.807) is 25.4 Å². The molecule has 188 valence electrons. The number of halogens is 3. The number of hydrogen-bond donors (Lipinski definition) is 0. The monoisotopic (exact) mass is 503 g/mol. The van der Waals surface area contributed by atoms with E-state index in [1.165, 1.54) is 23.1 Å². The number of nitrogens with zero attached hydrogens (tertiary/aromatic N) is 5. The van der Waals surface area contributed by atoms with E-state index in [9.17, 15) is 13.2 Å². The second-order valence-electron chi connectivity index (χ2n) is 9.43. The van der Waals surface area contributed by atoms with E-state index in [0.717, 1.165) is 33.9 Å². The van der Waals surface area contributed by atoms with Crippen LogP contribution in [-0.4, -0.2) is 24.3 Å². The molecule has 1 aliphatic rings. The zero-order chi connectivity index (χ0) is 25.7. The quantitative estimate of drug-likeness (QED) is 0.262. The second-order valence-corrected chi connectivity index (χ2v) is 9.43. The number of pyridine rings is 1. The molecule has 0 aliphatic heterocycles. The van der Waals surface area contributed by atoms with Crippen molar-refractivity contribution in [2.24, 2.45) is 7.05 Å². The van der Waals surface area contributed by atoms with E-state index in [1.807, 2.05) is 35.9 Å². The van der Waals surface area contributed by atoms with Crippen molar-refractivity contribution >= 4 is 11.0 Å². The van der Waals surface area contributed by atoms with Gasteiger partial charge in [-0.15, -0.1) is 0 Å². The number of imidazole rings is 1. The number of fused-ring (bicyclic) bond motifs is 1. The predicted molar refractivity (Wildman–Crippen MR) is 134 cm³/mol. The fourth-order valence-electron chi connectivity index (χ4n) is 4.59. The number of alkyl halides is 3. The molecule has 1 aliphatic carbocycles. The van der Waals surface area contributed by atoms with Gasteiger partial charge in [0.15, 0.2) is 5.69 Å². The molecule has 1 saturated carbocycles. The highest BCUT2D eigenvalue weighted by Gasteiger charge is 2.34. The Bertz CT molecular complexity index is 1600. The maximum atomic E-state index is 13.0. The highest BCUT2D eigenvalue weighted by molar-refractivity contribution is 5.91. The van der Waals surface area contributed by atoms with E-state index in [2.05, 4.69) is 28.3 Å². The number of benzene rings is 2. The maximum Gasteiger partial charge on any atom is 0.435 e. The molecule has 0 N–H and O–H groups in total. The van der Waals surface area contributed by atoms with Gasteiger partial charge in [-0.1, -0.05) is 36.4 Å². The fourth-order valence-corrected chi connectivity index (χ4v) is 4.59. The van der Waals surface area contributed by atoms with Crippen molar-refractivity contribution in [1.29, 1.82) is 0 Å². The average Bonchev–Trinajstić information content (AvgIpc) is 3.56. The molecular weight excluding hydrogens is 479 g/mol. The van der Waals surface area contributed by atoms with Crippen LogP contribution in [0.4, 0.5) is 13.2 Å². The first-order valence-electron chi connectivity index (χ1n) is 12.1. The Hall–Kier alpha value is -4.14. The first kappa shape index (κ1) is 23.3. The van der Waals surface area contributed by atoms with Crippen molar-refractivity contribution in [2.45, 2.75) is 38.5 Å². The lowest BCUT2D eigenvalue weighted by molar-refractivity contribution is -0.141. The van der Waals surface area contributed by atoms with E-state index in [-0.39, 0.29) is 6.61 Å². The Morgan fingerprint density at radius 2 is 1.78 bits per heavy atom. The normalized spacial score (nSPS) is 13.9. The topological polar surface area (TPSA) is 57.8 Å². The molecule has 2 aromatic carbocycles. The molecule has 6 rings (SSSR count). The van der Waals surface area contributed by atoms with Gasteiger partial charge in [-0.2, -0.15) is 18.3 Å². The van der Waals surface area contributed by atoms with Gasteiger partial charge in [-0.05, 0) is 55.0 Å². The van der Waals surface area contributed by atoms with Crippen molar-refractivity contribution in [1.82, 2.24) is 24.3 Å². The van der Waals surface area contributed by atoms with Crippen LogP contribution in [-0.2, 0) is 19.8 Å². The summed E-state index contributed by atoms with van der Waals surface area (Å²) in [6.07, 6.45) is -0.336. The van der Waals surface area contributed by atoms with Crippen LogP contribution < -0.4 is 4.74 Å². The third-order valence-electron chi connectivity index (χ3n) is 6.67. The first-order chi connectivity index (χ1) is 17.8. The van der Waals surface area contributed by atoms with Gasteiger partial charge in [0.05, 0.1) is 17.5 Å². The minimum Gasteiger partial charge on any atom is -0.473 e. The molecule has 0 atom stereocenters. The largest absolute Gasteiger partial charge is 0.473 e. The molecule has 0 radical (unpaired) electrons. The molecule has 1 fully saturated rings. The SMILES string of the molecule is Cc1cc(C(F)(F)F)nn1-c1ccc(COc2cc3c(ncn3C)c(-c3ccccc3C3CC3)n2)cc1. The smallest absolute Gasteiger partial charge is 0.435 e. The molecule has 3 heterocycles. The molecule has 0 saturated heterocycles. The zero-order valence-electron chi connectivity index (χ0n) is 20.3. The number of ether oxygens (including phenoxy) is 1. The van der Waals surface area contributed by atoms with Gasteiger partial charge >= 0.3 is 6.18 Å². The van der Waals surface area contributed by atoms with E-state index in [4.69, 9.17) is 9.72 Å². The van der Waals surface area contributed by atoms with Crippen molar-refractivity contribution in [3.8, 4) is 22.8 Å². The summed E-state index contributed by atoms with van der Waals surface area (Å²) in [6.45, 7) is 1.85. The van der Waals surface area contributed by atoms with E-state index in [0.29, 0.717) is 23.2 Å². The van der Waals surface area contributed by atoms with Crippen LogP contribution in [0, 0.1) is 6.92 Å². The Morgan fingerprint density at radius 1 is 1.03 bits per heavy atom. The molecular formula is C28H24F3N5O. The van der Waals surface area contributed by atoms with Crippen LogP contribution in [0.15, 0.2) is 67.0 Å². The van der Waals surface area contributed by atoms with Crippen LogP contribution in [0.3, 0.4) is 0 Å². The molecule has 5 aromatic rings. The molecule has 0 bridgehead atoms.